The van der Waals surface area contributed by atoms with Gasteiger partial charge in [0.25, 0.3) is 0 Å². The number of nitrogens with one attached hydrogen (secondary N) is 1. The van der Waals surface area contributed by atoms with Gasteiger partial charge in [0.05, 0.1) is 11.1 Å². The Hall–Kier alpha value is -0.100. The number of ether oxygens (including phenoxy) is 1. The third kappa shape index (κ3) is 5.42. The van der Waals surface area contributed by atoms with Crippen molar-refractivity contribution in [1.82, 2.24) is 10.2 Å². The van der Waals surface area contributed by atoms with Crippen LogP contribution in [0.25, 0.3) is 0 Å². The van der Waals surface area contributed by atoms with E-state index in [1.807, 2.05) is 13.0 Å². The van der Waals surface area contributed by atoms with E-state index in [1.165, 1.54) is 0 Å². The van der Waals surface area contributed by atoms with E-state index >= 15 is 0 Å². The average Bonchev–Trinajstić information content (AvgIpc) is 2.33. The van der Waals surface area contributed by atoms with E-state index in [-0.39, 0.29) is 0 Å². The molecule has 1 aromatic carbocycles. The molecule has 0 spiro atoms. The van der Waals surface area contributed by atoms with Crippen molar-refractivity contribution in [1.29, 1.82) is 0 Å². The minimum Gasteiger partial charge on any atom is -0.492 e. The van der Waals surface area contributed by atoms with Crippen molar-refractivity contribution >= 4 is 31.9 Å². The SMILES string of the molecule is CCOc1c(Br)cc(Br)cc1CNCC(C)N(C)C. The molecule has 108 valence electrons. The quantitative estimate of drug-likeness (QED) is 0.765. The van der Waals surface area contributed by atoms with Crippen LogP contribution in [0.5, 0.6) is 5.75 Å². The molecule has 3 nitrogen and oxygen atoms in total. The predicted octanol–water partition coefficient (Wildman–Crippen LogP) is 3.65. The van der Waals surface area contributed by atoms with Crippen LogP contribution >= 0.6 is 31.9 Å². The van der Waals surface area contributed by atoms with Crippen molar-refractivity contribution in [2.45, 2.75) is 26.4 Å². The van der Waals surface area contributed by atoms with Crippen molar-refractivity contribution in [3.8, 4) is 5.75 Å². The summed E-state index contributed by atoms with van der Waals surface area (Å²) in [6, 6.07) is 4.62. The first-order valence-corrected chi connectivity index (χ1v) is 8.02. The second-order valence-electron chi connectivity index (χ2n) is 4.75. The maximum Gasteiger partial charge on any atom is 0.138 e. The number of hydrogen-bond donors (Lipinski definition) is 1. The molecule has 1 rings (SSSR count). The Morgan fingerprint density at radius 3 is 2.58 bits per heavy atom. The first kappa shape index (κ1) is 17.0. The maximum absolute atomic E-state index is 5.71. The Labute approximate surface area is 133 Å². The standard InChI is InChI=1S/C14H22Br2N2O/c1-5-19-14-11(6-12(15)7-13(14)16)9-17-8-10(2)18(3)4/h6-7,10,17H,5,8-9H2,1-4H3. The fourth-order valence-electron chi connectivity index (χ4n) is 1.65. The van der Waals surface area contributed by atoms with Crippen molar-refractivity contribution in [3.05, 3.63) is 26.6 Å². The summed E-state index contributed by atoms with van der Waals surface area (Å²) in [5, 5.41) is 3.47. The van der Waals surface area contributed by atoms with E-state index in [0.29, 0.717) is 12.6 Å². The third-order valence-electron chi connectivity index (χ3n) is 3.01. The van der Waals surface area contributed by atoms with Crippen LogP contribution in [-0.4, -0.2) is 38.2 Å². The zero-order valence-electron chi connectivity index (χ0n) is 12.0. The molecule has 1 aromatic rings. The average molecular weight is 394 g/mol. The molecule has 19 heavy (non-hydrogen) atoms. The van der Waals surface area contributed by atoms with Crippen LogP contribution in [0, 0.1) is 0 Å². The molecule has 0 saturated heterocycles. The van der Waals surface area contributed by atoms with E-state index in [9.17, 15) is 0 Å². The molecule has 0 aliphatic carbocycles. The van der Waals surface area contributed by atoms with Crippen LogP contribution in [0.1, 0.15) is 19.4 Å². The Kier molecular flexibility index (Phi) is 7.36. The highest BCUT2D eigenvalue weighted by Crippen LogP contribution is 2.32. The van der Waals surface area contributed by atoms with Crippen LogP contribution in [0.4, 0.5) is 0 Å². The zero-order chi connectivity index (χ0) is 14.4. The molecule has 5 heteroatoms. The van der Waals surface area contributed by atoms with Gasteiger partial charge in [-0.25, -0.2) is 0 Å². The van der Waals surface area contributed by atoms with Gasteiger partial charge in [0.2, 0.25) is 0 Å². The topological polar surface area (TPSA) is 24.5 Å². The highest BCUT2D eigenvalue weighted by molar-refractivity contribution is 9.11. The number of halogens is 2. The van der Waals surface area contributed by atoms with E-state index in [0.717, 1.165) is 33.3 Å². The van der Waals surface area contributed by atoms with Crippen molar-refractivity contribution in [2.75, 3.05) is 27.2 Å². The van der Waals surface area contributed by atoms with Crippen molar-refractivity contribution < 1.29 is 4.74 Å². The minimum atomic E-state index is 0.506. The lowest BCUT2D eigenvalue weighted by Gasteiger charge is -2.20. The molecule has 0 fully saturated rings. The molecule has 0 aliphatic rings. The third-order valence-corrected chi connectivity index (χ3v) is 4.06. The van der Waals surface area contributed by atoms with Gasteiger partial charge in [0.1, 0.15) is 5.75 Å². The summed E-state index contributed by atoms with van der Waals surface area (Å²) >= 11 is 7.07. The van der Waals surface area contributed by atoms with E-state index in [4.69, 9.17) is 4.74 Å². The minimum absolute atomic E-state index is 0.506. The molecule has 0 aliphatic heterocycles. The molecular weight excluding hydrogens is 372 g/mol. The molecule has 0 radical (unpaired) electrons. The summed E-state index contributed by atoms with van der Waals surface area (Å²) < 4.78 is 7.75. The zero-order valence-corrected chi connectivity index (χ0v) is 15.1. The first-order chi connectivity index (χ1) is 8.95. The highest BCUT2D eigenvalue weighted by atomic mass is 79.9. The lowest BCUT2D eigenvalue weighted by atomic mass is 10.2. The van der Waals surface area contributed by atoms with Crippen molar-refractivity contribution in [2.24, 2.45) is 0 Å². The van der Waals surface area contributed by atoms with Crippen LogP contribution < -0.4 is 10.1 Å². The van der Waals surface area contributed by atoms with Gasteiger partial charge in [0, 0.05) is 29.2 Å². The second-order valence-corrected chi connectivity index (χ2v) is 6.52. The van der Waals surface area contributed by atoms with E-state index in [2.05, 4.69) is 69.2 Å². The fraction of sp³-hybridized carbons (Fsp3) is 0.571. The molecule has 0 bridgehead atoms. The smallest absolute Gasteiger partial charge is 0.138 e. The Morgan fingerprint density at radius 1 is 1.32 bits per heavy atom. The van der Waals surface area contributed by atoms with Gasteiger partial charge in [-0.1, -0.05) is 15.9 Å². The molecule has 0 aromatic heterocycles. The number of benzene rings is 1. The summed E-state index contributed by atoms with van der Waals surface area (Å²) in [7, 11) is 4.18. The van der Waals surface area contributed by atoms with Gasteiger partial charge in [-0.15, -0.1) is 0 Å². The number of hydrogen-bond acceptors (Lipinski definition) is 3. The summed E-state index contributed by atoms with van der Waals surface area (Å²) in [6.07, 6.45) is 0. The van der Waals surface area contributed by atoms with Gasteiger partial charge < -0.3 is 15.0 Å². The lowest BCUT2D eigenvalue weighted by molar-refractivity contribution is 0.300. The largest absolute Gasteiger partial charge is 0.492 e. The summed E-state index contributed by atoms with van der Waals surface area (Å²) in [6.45, 7) is 6.61. The van der Waals surface area contributed by atoms with Crippen LogP contribution in [0.15, 0.2) is 21.1 Å². The van der Waals surface area contributed by atoms with Crippen LogP contribution in [0.2, 0.25) is 0 Å². The normalized spacial score (nSPS) is 12.8. The predicted molar refractivity (Wildman–Crippen MR) is 87.9 cm³/mol. The summed E-state index contributed by atoms with van der Waals surface area (Å²) in [5.41, 5.74) is 1.16. The molecule has 0 amide bonds. The van der Waals surface area contributed by atoms with Crippen LogP contribution in [-0.2, 0) is 6.54 Å². The Bertz CT molecular complexity index is 411. The lowest BCUT2D eigenvalue weighted by Crippen LogP contribution is -2.35. The summed E-state index contributed by atoms with van der Waals surface area (Å²) in [4.78, 5) is 2.20. The Morgan fingerprint density at radius 2 is 2.00 bits per heavy atom. The van der Waals surface area contributed by atoms with Gasteiger partial charge in [-0.05, 0) is 56.0 Å². The molecule has 1 N–H and O–H groups in total. The van der Waals surface area contributed by atoms with Gasteiger partial charge in [0.15, 0.2) is 0 Å². The monoisotopic (exact) mass is 392 g/mol. The second kappa shape index (κ2) is 8.25. The van der Waals surface area contributed by atoms with E-state index in [1.54, 1.807) is 0 Å². The van der Waals surface area contributed by atoms with E-state index < -0.39 is 0 Å². The first-order valence-electron chi connectivity index (χ1n) is 6.43. The molecule has 0 saturated carbocycles. The Balaban J connectivity index is 2.71. The summed E-state index contributed by atoms with van der Waals surface area (Å²) in [5.74, 6) is 0.927. The maximum atomic E-state index is 5.71. The molecular formula is C14H22Br2N2O. The van der Waals surface area contributed by atoms with Gasteiger partial charge in [-0.3, -0.25) is 0 Å². The molecule has 1 atom stereocenters. The van der Waals surface area contributed by atoms with Gasteiger partial charge in [-0.2, -0.15) is 0 Å². The van der Waals surface area contributed by atoms with Crippen LogP contribution in [0.3, 0.4) is 0 Å². The van der Waals surface area contributed by atoms with Crippen molar-refractivity contribution in [3.63, 3.8) is 0 Å². The highest BCUT2D eigenvalue weighted by Gasteiger charge is 2.10. The fourth-order valence-corrected chi connectivity index (χ4v) is 3.08. The number of nitrogens with zero attached hydrogens (tertiary/aromatic N) is 1. The molecule has 0 heterocycles. The van der Waals surface area contributed by atoms with Gasteiger partial charge >= 0.3 is 0 Å². The molecule has 1 unspecified atom stereocenters. The number of likely N-dealkylation sites (N-methyl/N-ethyl adjacent to an activating group) is 1. The number of rotatable bonds is 7.